The van der Waals surface area contributed by atoms with E-state index in [4.69, 9.17) is 9.47 Å². The molecule has 9 heteroatoms. The fourth-order valence-electron chi connectivity index (χ4n) is 3.40. The molecular formula is C20H24N2O6S. The van der Waals surface area contributed by atoms with E-state index in [1.54, 1.807) is 54.8 Å². The van der Waals surface area contributed by atoms with Crippen LogP contribution in [0.1, 0.15) is 44.0 Å². The fraction of sp³-hybridized carbons (Fsp3) is 0.500. The summed E-state index contributed by atoms with van der Waals surface area (Å²) in [5.41, 5.74) is 0.839. The van der Waals surface area contributed by atoms with Crippen LogP contribution in [0.3, 0.4) is 0 Å². The van der Waals surface area contributed by atoms with Gasteiger partial charge in [-0.2, -0.15) is 0 Å². The van der Waals surface area contributed by atoms with Gasteiger partial charge in [0, 0.05) is 17.9 Å². The molecule has 0 spiro atoms. The summed E-state index contributed by atoms with van der Waals surface area (Å²) in [5.74, 6) is -1.10. The number of carbonyl (C=O) groups excluding carboxylic acids is 4. The van der Waals surface area contributed by atoms with Crippen LogP contribution in [0.4, 0.5) is 5.69 Å². The van der Waals surface area contributed by atoms with E-state index >= 15 is 0 Å². The molecule has 8 nitrogen and oxygen atoms in total. The van der Waals surface area contributed by atoms with Crippen molar-refractivity contribution in [3.05, 3.63) is 29.8 Å². The first-order valence-corrected chi connectivity index (χ1v) is 10.4. The first kappa shape index (κ1) is 21.2. The smallest absolute Gasteiger partial charge is 0.338 e. The Morgan fingerprint density at radius 1 is 1.28 bits per heavy atom. The molecule has 1 N–H and O–H groups in total. The van der Waals surface area contributed by atoms with Gasteiger partial charge >= 0.3 is 11.9 Å². The molecule has 2 aliphatic heterocycles. The number of thioether (sulfide) groups is 1. The molecular weight excluding hydrogens is 396 g/mol. The summed E-state index contributed by atoms with van der Waals surface area (Å²) in [4.78, 5) is 49.6. The van der Waals surface area contributed by atoms with E-state index < -0.39 is 30.5 Å². The van der Waals surface area contributed by atoms with Crippen LogP contribution in [0.25, 0.3) is 0 Å². The predicted octanol–water partition coefficient (Wildman–Crippen LogP) is 2.19. The first-order valence-electron chi connectivity index (χ1n) is 9.43. The fourth-order valence-corrected chi connectivity index (χ4v) is 4.81. The Kier molecular flexibility index (Phi) is 6.16. The van der Waals surface area contributed by atoms with E-state index in [0.29, 0.717) is 29.8 Å². The van der Waals surface area contributed by atoms with E-state index in [2.05, 4.69) is 5.32 Å². The number of nitrogens with one attached hydrogen (secondary N) is 1. The summed E-state index contributed by atoms with van der Waals surface area (Å²) < 4.78 is 10.2. The second-order valence-electron chi connectivity index (χ2n) is 7.45. The minimum atomic E-state index is -0.654. The lowest BCUT2D eigenvalue weighted by atomic mass is 10.2. The number of hydrogen-bond donors (Lipinski definition) is 1. The molecule has 0 aromatic heterocycles. The van der Waals surface area contributed by atoms with Crippen molar-refractivity contribution >= 4 is 41.2 Å². The van der Waals surface area contributed by atoms with Gasteiger partial charge in [-0.3, -0.25) is 9.59 Å². The molecule has 2 amide bonds. The van der Waals surface area contributed by atoms with Crippen LogP contribution in [-0.2, 0) is 23.9 Å². The third kappa shape index (κ3) is 4.72. The Balaban J connectivity index is 1.49. The number of nitrogens with zero attached hydrogens (tertiary/aromatic N) is 1. The van der Waals surface area contributed by atoms with E-state index in [1.807, 2.05) is 6.92 Å². The number of fused-ring (bicyclic) bond motifs is 1. The van der Waals surface area contributed by atoms with Crippen LogP contribution < -0.4 is 5.32 Å². The predicted molar refractivity (Wildman–Crippen MR) is 107 cm³/mol. The van der Waals surface area contributed by atoms with Crippen LogP contribution in [0.2, 0.25) is 0 Å². The summed E-state index contributed by atoms with van der Waals surface area (Å²) in [6.07, 6.45) is 0.916. The van der Waals surface area contributed by atoms with Crippen LogP contribution in [-0.4, -0.2) is 58.0 Å². The average molecular weight is 420 g/mol. The topological polar surface area (TPSA) is 102 Å². The van der Waals surface area contributed by atoms with E-state index in [0.717, 1.165) is 0 Å². The normalized spacial score (nSPS) is 23.1. The highest BCUT2D eigenvalue weighted by Gasteiger charge is 2.53. The SMILES string of the molecule is CC(C)OC(=O)c1ccc(NC(=O)COC(=O)[C@H]2CS[C@@]3(C)CCC(=O)N23)cc1. The monoisotopic (exact) mass is 420 g/mol. The Morgan fingerprint density at radius 2 is 1.97 bits per heavy atom. The third-order valence-electron chi connectivity index (χ3n) is 4.81. The standard InChI is InChI=1S/C20H24N2O6S/c1-12(2)28-18(25)13-4-6-14(7-5-13)21-16(23)10-27-19(26)15-11-29-20(3)9-8-17(24)22(15)20/h4-7,12,15H,8-11H2,1-3H3,(H,21,23)/t15-,20+/m1/s1. The van der Waals surface area contributed by atoms with Gasteiger partial charge < -0.3 is 19.7 Å². The van der Waals surface area contributed by atoms with Gasteiger partial charge in [0.25, 0.3) is 5.91 Å². The van der Waals surface area contributed by atoms with E-state index in [-0.39, 0.29) is 16.9 Å². The van der Waals surface area contributed by atoms with Crippen molar-refractivity contribution < 1.29 is 28.7 Å². The largest absolute Gasteiger partial charge is 0.459 e. The molecule has 156 valence electrons. The third-order valence-corrected chi connectivity index (χ3v) is 6.31. The van der Waals surface area contributed by atoms with E-state index in [1.165, 1.54) is 0 Å². The van der Waals surface area contributed by atoms with Gasteiger partial charge in [0.1, 0.15) is 6.04 Å². The number of anilines is 1. The van der Waals surface area contributed by atoms with Crippen molar-refractivity contribution in [3.8, 4) is 0 Å². The second kappa shape index (κ2) is 8.44. The molecule has 0 radical (unpaired) electrons. The summed E-state index contributed by atoms with van der Waals surface area (Å²) in [6.45, 7) is 5.02. The number of carbonyl (C=O) groups is 4. The quantitative estimate of drug-likeness (QED) is 0.704. The average Bonchev–Trinajstić information content (AvgIpc) is 3.16. The molecule has 2 aliphatic rings. The van der Waals surface area contributed by atoms with Crippen LogP contribution in [0, 0.1) is 0 Å². The highest BCUT2D eigenvalue weighted by Crippen LogP contribution is 2.47. The van der Waals surface area contributed by atoms with Gasteiger partial charge in [-0.25, -0.2) is 9.59 Å². The van der Waals surface area contributed by atoms with E-state index in [9.17, 15) is 19.2 Å². The molecule has 1 aromatic carbocycles. The number of hydrogen-bond acceptors (Lipinski definition) is 7. The molecule has 2 fully saturated rings. The summed E-state index contributed by atoms with van der Waals surface area (Å²) in [7, 11) is 0. The highest BCUT2D eigenvalue weighted by molar-refractivity contribution is 8.01. The molecule has 2 atom stereocenters. The zero-order chi connectivity index (χ0) is 21.2. The summed E-state index contributed by atoms with van der Waals surface area (Å²) >= 11 is 1.57. The zero-order valence-corrected chi connectivity index (χ0v) is 17.4. The van der Waals surface area contributed by atoms with Crippen molar-refractivity contribution in [3.63, 3.8) is 0 Å². The Labute approximate surface area is 173 Å². The molecule has 0 aliphatic carbocycles. The van der Waals surface area contributed by atoms with Gasteiger partial charge in [-0.05, 0) is 51.5 Å². The highest BCUT2D eigenvalue weighted by atomic mass is 32.2. The number of esters is 2. The molecule has 2 heterocycles. The molecule has 0 saturated carbocycles. The number of benzene rings is 1. The number of amides is 2. The van der Waals surface area contributed by atoms with Gasteiger partial charge in [0.2, 0.25) is 5.91 Å². The molecule has 29 heavy (non-hydrogen) atoms. The van der Waals surface area contributed by atoms with Crippen LogP contribution in [0.15, 0.2) is 24.3 Å². The van der Waals surface area contributed by atoms with Crippen molar-refractivity contribution in [2.75, 3.05) is 17.7 Å². The molecule has 2 saturated heterocycles. The number of ether oxygens (including phenoxy) is 2. The maximum atomic E-state index is 12.4. The maximum absolute atomic E-state index is 12.4. The van der Waals surface area contributed by atoms with Gasteiger partial charge in [-0.15, -0.1) is 11.8 Å². The Bertz CT molecular complexity index is 825. The van der Waals surface area contributed by atoms with Crippen molar-refractivity contribution in [1.29, 1.82) is 0 Å². The second-order valence-corrected chi connectivity index (χ2v) is 8.95. The molecule has 0 bridgehead atoms. The lowest BCUT2D eigenvalue weighted by Gasteiger charge is -2.29. The number of rotatable bonds is 6. The minimum absolute atomic E-state index is 0.0556. The lowest BCUT2D eigenvalue weighted by molar-refractivity contribution is -0.155. The molecule has 0 unspecified atom stereocenters. The van der Waals surface area contributed by atoms with Gasteiger partial charge in [0.15, 0.2) is 6.61 Å². The minimum Gasteiger partial charge on any atom is -0.459 e. The first-order chi connectivity index (χ1) is 13.7. The van der Waals surface area contributed by atoms with Crippen LogP contribution in [0.5, 0.6) is 0 Å². The summed E-state index contributed by atoms with van der Waals surface area (Å²) in [5, 5.41) is 2.60. The summed E-state index contributed by atoms with van der Waals surface area (Å²) in [6, 6.07) is 5.57. The van der Waals surface area contributed by atoms with Crippen LogP contribution >= 0.6 is 11.8 Å². The zero-order valence-electron chi connectivity index (χ0n) is 16.6. The Hall–Kier alpha value is -2.55. The van der Waals surface area contributed by atoms with Gasteiger partial charge in [0.05, 0.1) is 16.5 Å². The molecule has 3 rings (SSSR count). The van der Waals surface area contributed by atoms with Gasteiger partial charge in [-0.1, -0.05) is 0 Å². The van der Waals surface area contributed by atoms with Crippen molar-refractivity contribution in [2.24, 2.45) is 0 Å². The van der Waals surface area contributed by atoms with Crippen molar-refractivity contribution in [2.45, 2.75) is 50.6 Å². The Morgan fingerprint density at radius 3 is 2.62 bits per heavy atom. The maximum Gasteiger partial charge on any atom is 0.338 e. The lowest BCUT2D eigenvalue weighted by Crippen LogP contribution is -2.47. The van der Waals surface area contributed by atoms with Crippen molar-refractivity contribution in [1.82, 2.24) is 4.90 Å². The molecule has 1 aromatic rings.